The molecule has 0 saturated heterocycles. The maximum Gasteiger partial charge on any atom is 0.155 e. The van der Waals surface area contributed by atoms with Crippen molar-refractivity contribution in [3.63, 3.8) is 0 Å². The minimum absolute atomic E-state index is 0.330. The molecule has 0 bridgehead atoms. The van der Waals surface area contributed by atoms with E-state index in [1.165, 1.54) is 44.1 Å². The molecule has 0 spiro atoms. The summed E-state index contributed by atoms with van der Waals surface area (Å²) in [6.45, 7) is 7.27. The van der Waals surface area contributed by atoms with Crippen molar-refractivity contribution < 1.29 is 4.79 Å². The largest absolute Gasteiger partial charge is 0.295 e. The van der Waals surface area contributed by atoms with Crippen LogP contribution in [0.5, 0.6) is 0 Å². The second-order valence-electron chi connectivity index (χ2n) is 8.78. The maximum atomic E-state index is 11.9. The quantitative estimate of drug-likeness (QED) is 0.542. The van der Waals surface area contributed by atoms with Crippen molar-refractivity contribution in [2.75, 3.05) is 0 Å². The molecule has 0 heterocycles. The van der Waals surface area contributed by atoms with Crippen LogP contribution < -0.4 is 0 Å². The van der Waals surface area contributed by atoms with E-state index in [-0.39, 0.29) is 0 Å². The van der Waals surface area contributed by atoms with Crippen LogP contribution in [0.25, 0.3) is 0 Å². The van der Waals surface area contributed by atoms with E-state index in [1.54, 1.807) is 5.57 Å². The lowest BCUT2D eigenvalue weighted by atomic mass is 9.47. The monoisotopic (exact) mass is 298 g/mol. The molecule has 120 valence electrons. The number of allylic oxidation sites excluding steroid dienone is 3. The molecule has 3 saturated carbocycles. The Bertz CT molecular complexity index is 568. The maximum absolute atomic E-state index is 11.9. The first-order valence-electron chi connectivity index (χ1n) is 9.38. The lowest BCUT2D eigenvalue weighted by Crippen LogP contribution is -2.49. The minimum atomic E-state index is 0.330. The zero-order valence-electron chi connectivity index (χ0n) is 14.5. The highest BCUT2D eigenvalue weighted by atomic mass is 16.1. The average molecular weight is 298 g/mol. The molecule has 4 aliphatic carbocycles. The fraction of sp³-hybridized carbons (Fsp3) is 0.762. The summed E-state index contributed by atoms with van der Waals surface area (Å²) < 4.78 is 0. The Morgan fingerprint density at radius 2 is 1.77 bits per heavy atom. The second kappa shape index (κ2) is 4.82. The van der Waals surface area contributed by atoms with Gasteiger partial charge in [0.25, 0.3) is 0 Å². The molecule has 0 aromatic carbocycles. The van der Waals surface area contributed by atoms with Crippen molar-refractivity contribution in [1.82, 2.24) is 0 Å². The third kappa shape index (κ3) is 1.80. The number of carbonyl (C=O) groups excluding carboxylic acids is 1. The predicted octanol–water partition coefficient (Wildman–Crippen LogP) is 5.46. The molecule has 0 aliphatic heterocycles. The van der Waals surface area contributed by atoms with Gasteiger partial charge in [-0.1, -0.05) is 31.1 Å². The van der Waals surface area contributed by atoms with Crippen molar-refractivity contribution in [3.05, 3.63) is 23.3 Å². The van der Waals surface area contributed by atoms with Gasteiger partial charge in [0.05, 0.1) is 0 Å². The molecule has 0 aromatic heterocycles. The zero-order valence-corrected chi connectivity index (χ0v) is 14.5. The SMILES string of the molecule is C/C=C1\CC[C@H]2[C@@H]3CCC4=CC(=O)CC[C@@]4(C)[C@@H]3CC[C@]12C. The zero-order chi connectivity index (χ0) is 15.5. The van der Waals surface area contributed by atoms with E-state index in [0.717, 1.165) is 30.6 Å². The van der Waals surface area contributed by atoms with E-state index in [4.69, 9.17) is 0 Å². The van der Waals surface area contributed by atoms with Crippen LogP contribution in [0.1, 0.15) is 72.1 Å². The third-order valence-electron chi connectivity index (χ3n) is 8.16. The van der Waals surface area contributed by atoms with Crippen molar-refractivity contribution in [3.8, 4) is 0 Å². The van der Waals surface area contributed by atoms with Crippen LogP contribution in [-0.4, -0.2) is 5.78 Å². The predicted molar refractivity (Wildman–Crippen MR) is 90.5 cm³/mol. The Kier molecular flexibility index (Phi) is 3.23. The highest BCUT2D eigenvalue weighted by molar-refractivity contribution is 5.91. The Morgan fingerprint density at radius 1 is 1.00 bits per heavy atom. The van der Waals surface area contributed by atoms with Gasteiger partial charge >= 0.3 is 0 Å². The van der Waals surface area contributed by atoms with Gasteiger partial charge in [-0.15, -0.1) is 0 Å². The fourth-order valence-electron chi connectivity index (χ4n) is 6.88. The molecular weight excluding hydrogens is 268 g/mol. The Balaban J connectivity index is 1.70. The lowest BCUT2D eigenvalue weighted by Gasteiger charge is -2.57. The molecule has 5 atom stereocenters. The molecule has 1 heteroatoms. The average Bonchev–Trinajstić information content (AvgIpc) is 2.84. The summed E-state index contributed by atoms with van der Waals surface area (Å²) in [5, 5.41) is 0. The first-order chi connectivity index (χ1) is 10.5. The van der Waals surface area contributed by atoms with Crippen LogP contribution in [-0.2, 0) is 4.79 Å². The second-order valence-corrected chi connectivity index (χ2v) is 8.78. The lowest BCUT2D eigenvalue weighted by molar-refractivity contribution is -0.117. The summed E-state index contributed by atoms with van der Waals surface area (Å²) in [5.41, 5.74) is 4.05. The molecular formula is C21H30O. The van der Waals surface area contributed by atoms with Crippen LogP contribution >= 0.6 is 0 Å². The number of fused-ring (bicyclic) bond motifs is 5. The molecule has 0 N–H and O–H groups in total. The van der Waals surface area contributed by atoms with E-state index >= 15 is 0 Å². The van der Waals surface area contributed by atoms with E-state index in [1.807, 2.05) is 6.08 Å². The fourth-order valence-corrected chi connectivity index (χ4v) is 6.88. The van der Waals surface area contributed by atoms with Crippen LogP contribution in [0.2, 0.25) is 0 Å². The Labute approximate surface area is 135 Å². The van der Waals surface area contributed by atoms with Gasteiger partial charge in [-0.05, 0) is 86.5 Å². The van der Waals surface area contributed by atoms with Crippen molar-refractivity contribution in [2.45, 2.75) is 72.1 Å². The molecule has 3 fully saturated rings. The summed E-state index contributed by atoms with van der Waals surface area (Å²) in [5.74, 6) is 3.00. The number of hydrogen-bond donors (Lipinski definition) is 0. The molecule has 22 heavy (non-hydrogen) atoms. The normalized spacial score (nSPS) is 49.4. The minimum Gasteiger partial charge on any atom is -0.295 e. The molecule has 0 unspecified atom stereocenters. The van der Waals surface area contributed by atoms with E-state index < -0.39 is 0 Å². The van der Waals surface area contributed by atoms with Crippen LogP contribution in [0.15, 0.2) is 23.3 Å². The van der Waals surface area contributed by atoms with Crippen molar-refractivity contribution >= 4 is 5.78 Å². The Morgan fingerprint density at radius 3 is 2.55 bits per heavy atom. The smallest absolute Gasteiger partial charge is 0.155 e. The van der Waals surface area contributed by atoms with E-state index in [9.17, 15) is 4.79 Å². The van der Waals surface area contributed by atoms with Gasteiger partial charge in [-0.2, -0.15) is 0 Å². The molecule has 0 aromatic rings. The van der Waals surface area contributed by atoms with Gasteiger partial charge < -0.3 is 0 Å². The molecule has 4 aliphatic rings. The highest BCUT2D eigenvalue weighted by Crippen LogP contribution is 2.66. The summed E-state index contributed by atoms with van der Waals surface area (Å²) in [7, 11) is 0. The van der Waals surface area contributed by atoms with Gasteiger partial charge in [-0.3, -0.25) is 4.79 Å². The molecule has 0 amide bonds. The highest BCUT2D eigenvalue weighted by Gasteiger charge is 2.57. The van der Waals surface area contributed by atoms with Gasteiger partial charge in [0.1, 0.15) is 0 Å². The summed E-state index contributed by atoms with van der Waals surface area (Å²) in [6, 6.07) is 0. The molecule has 1 nitrogen and oxygen atoms in total. The first kappa shape index (κ1) is 14.7. The molecule has 0 radical (unpaired) electrons. The van der Waals surface area contributed by atoms with Crippen molar-refractivity contribution in [1.29, 1.82) is 0 Å². The standard InChI is InChI=1S/C21H30O/c1-4-14-6-8-18-17-7-5-15-13-16(22)9-11-21(15,3)19(17)10-12-20(14,18)2/h4,13,17-19H,5-12H2,1-3H3/b14-4+/t17-,18-,19+,20+,21+/m0/s1. The van der Waals surface area contributed by atoms with Gasteiger partial charge in [0, 0.05) is 6.42 Å². The van der Waals surface area contributed by atoms with Crippen LogP contribution in [0, 0.1) is 28.6 Å². The number of carbonyl (C=O) groups is 1. The number of ketones is 1. The number of hydrogen-bond acceptors (Lipinski definition) is 1. The van der Waals surface area contributed by atoms with E-state index in [0.29, 0.717) is 16.6 Å². The topological polar surface area (TPSA) is 17.1 Å². The van der Waals surface area contributed by atoms with Gasteiger partial charge in [0.15, 0.2) is 5.78 Å². The third-order valence-corrected chi connectivity index (χ3v) is 8.16. The van der Waals surface area contributed by atoms with Crippen LogP contribution in [0.3, 0.4) is 0 Å². The van der Waals surface area contributed by atoms with Crippen LogP contribution in [0.4, 0.5) is 0 Å². The molecule has 4 rings (SSSR count). The number of rotatable bonds is 0. The Hall–Kier alpha value is -0.850. The van der Waals surface area contributed by atoms with E-state index in [2.05, 4.69) is 26.8 Å². The summed E-state index contributed by atoms with van der Waals surface area (Å²) >= 11 is 0. The summed E-state index contributed by atoms with van der Waals surface area (Å²) in [4.78, 5) is 11.9. The van der Waals surface area contributed by atoms with Crippen molar-refractivity contribution in [2.24, 2.45) is 28.6 Å². The summed E-state index contributed by atoms with van der Waals surface area (Å²) in [6.07, 6.45) is 14.3. The first-order valence-corrected chi connectivity index (χ1v) is 9.38. The van der Waals surface area contributed by atoms with Gasteiger partial charge in [-0.25, -0.2) is 0 Å². The van der Waals surface area contributed by atoms with Gasteiger partial charge in [0.2, 0.25) is 0 Å².